The van der Waals surface area contributed by atoms with Crippen LogP contribution in [-0.4, -0.2) is 66.5 Å². The summed E-state index contributed by atoms with van der Waals surface area (Å²) in [6.45, 7) is 6.67. The first kappa shape index (κ1) is 24.6. The number of aryl methyl sites for hydroxylation is 1. The molecule has 3 fully saturated rings. The van der Waals surface area contributed by atoms with Crippen LogP contribution in [0.4, 0.5) is 0 Å². The largest absolute Gasteiger partial charge is 0.339 e. The second-order valence-corrected chi connectivity index (χ2v) is 13.2. The summed E-state index contributed by atoms with van der Waals surface area (Å²) in [5.41, 5.74) is 2.55. The molecule has 1 unspecified atom stereocenters. The number of aromatic nitrogens is 1. The zero-order valence-corrected chi connectivity index (χ0v) is 22.9. The molecule has 4 aliphatic rings. The average molecular weight is 507 g/mol. The van der Waals surface area contributed by atoms with Crippen LogP contribution in [-0.2, 0) is 16.6 Å². The number of carbonyl (C=O) groups is 1. The monoisotopic (exact) mass is 506 g/mol. The van der Waals surface area contributed by atoms with Gasteiger partial charge in [-0.15, -0.1) is 11.3 Å². The summed E-state index contributed by atoms with van der Waals surface area (Å²) in [4.78, 5) is 25.8. The van der Waals surface area contributed by atoms with Gasteiger partial charge in [0, 0.05) is 55.5 Å². The zero-order chi connectivity index (χ0) is 24.7. The molecule has 4 heterocycles. The molecule has 1 aromatic heterocycles. The number of benzene rings is 1. The summed E-state index contributed by atoms with van der Waals surface area (Å²) < 4.78 is 0. The fraction of sp³-hybridized carbons (Fsp3) is 0.667. The van der Waals surface area contributed by atoms with Crippen molar-refractivity contribution in [2.24, 2.45) is 11.8 Å². The molecule has 6 rings (SSSR count). The Morgan fingerprint density at radius 2 is 1.92 bits per heavy atom. The van der Waals surface area contributed by atoms with E-state index in [4.69, 9.17) is 4.98 Å². The average Bonchev–Trinajstić information content (AvgIpc) is 3.48. The van der Waals surface area contributed by atoms with Crippen molar-refractivity contribution >= 4 is 17.2 Å². The molecule has 2 saturated heterocycles. The van der Waals surface area contributed by atoms with Crippen LogP contribution >= 0.6 is 11.3 Å². The van der Waals surface area contributed by atoms with E-state index in [1.54, 1.807) is 0 Å². The maximum Gasteiger partial charge on any atom is 0.228 e. The van der Waals surface area contributed by atoms with Gasteiger partial charge in [0.15, 0.2) is 0 Å². The van der Waals surface area contributed by atoms with Crippen molar-refractivity contribution in [1.82, 2.24) is 20.1 Å². The Morgan fingerprint density at radius 3 is 2.72 bits per heavy atom. The predicted octanol–water partition coefficient (Wildman–Crippen LogP) is 4.75. The molecule has 1 saturated carbocycles. The third-order valence-corrected chi connectivity index (χ3v) is 10.9. The van der Waals surface area contributed by atoms with E-state index in [-0.39, 0.29) is 11.3 Å². The number of amides is 1. The molecule has 36 heavy (non-hydrogen) atoms. The van der Waals surface area contributed by atoms with Crippen LogP contribution in [0.25, 0.3) is 0 Å². The van der Waals surface area contributed by atoms with Gasteiger partial charge in [-0.05, 0) is 57.1 Å². The van der Waals surface area contributed by atoms with Crippen molar-refractivity contribution in [3.05, 3.63) is 51.5 Å². The molecular formula is C30H42N4OS. The maximum absolute atomic E-state index is 14.7. The molecule has 0 radical (unpaired) electrons. The van der Waals surface area contributed by atoms with Gasteiger partial charge in [0.05, 0.1) is 16.6 Å². The highest BCUT2D eigenvalue weighted by molar-refractivity contribution is 7.11. The molecule has 2 aromatic rings. The minimum Gasteiger partial charge on any atom is -0.339 e. The molecule has 1 spiro atoms. The lowest BCUT2D eigenvalue weighted by Gasteiger charge is -2.47. The quantitative estimate of drug-likeness (QED) is 0.653. The van der Waals surface area contributed by atoms with Gasteiger partial charge >= 0.3 is 0 Å². The highest BCUT2D eigenvalue weighted by Gasteiger charge is 2.54. The standard InChI is InChI=1S/C30H42N4OS/c1-21-32-26-14-15-33(2)20-30(28(26)36-21)19-31-18-25(30)29(35)34-16-13-24(22-9-5-3-6-10-22)17-27(34)23-11-7-4-8-12-23/h3,5-6,9-10,23-25,27,31H,4,7-8,11-20H2,1-2H3/t24-,25?,27+,30+/m1/s1. The smallest absolute Gasteiger partial charge is 0.228 e. The van der Waals surface area contributed by atoms with E-state index in [0.29, 0.717) is 23.8 Å². The summed E-state index contributed by atoms with van der Waals surface area (Å²) in [6, 6.07) is 11.4. The number of hydrogen-bond acceptors (Lipinski definition) is 5. The molecule has 1 aromatic carbocycles. The third-order valence-electron chi connectivity index (χ3n) is 9.69. The van der Waals surface area contributed by atoms with E-state index >= 15 is 0 Å². The number of carbonyl (C=O) groups excluding carboxylic acids is 1. The summed E-state index contributed by atoms with van der Waals surface area (Å²) in [5, 5.41) is 4.83. The van der Waals surface area contributed by atoms with Crippen LogP contribution < -0.4 is 5.32 Å². The van der Waals surface area contributed by atoms with Gasteiger partial charge in [0.1, 0.15) is 0 Å². The van der Waals surface area contributed by atoms with E-state index in [1.165, 1.54) is 48.2 Å². The summed E-state index contributed by atoms with van der Waals surface area (Å²) in [5.74, 6) is 1.63. The van der Waals surface area contributed by atoms with Crippen molar-refractivity contribution in [1.29, 1.82) is 0 Å². The van der Waals surface area contributed by atoms with Gasteiger partial charge < -0.3 is 15.1 Å². The van der Waals surface area contributed by atoms with Gasteiger partial charge in [-0.3, -0.25) is 4.79 Å². The van der Waals surface area contributed by atoms with Crippen molar-refractivity contribution in [3.8, 4) is 0 Å². The number of nitrogens with one attached hydrogen (secondary N) is 1. The Morgan fingerprint density at radius 1 is 1.11 bits per heavy atom. The Balaban J connectivity index is 1.32. The summed E-state index contributed by atoms with van der Waals surface area (Å²) in [7, 11) is 2.22. The zero-order valence-electron chi connectivity index (χ0n) is 22.0. The van der Waals surface area contributed by atoms with E-state index in [2.05, 4.69) is 59.4 Å². The first-order valence-electron chi connectivity index (χ1n) is 14.3. The SMILES string of the molecule is Cc1nc2c(s1)[C@@]1(CNCC1C(=O)N1CC[C@@H](c3ccccc3)C[C@H]1C1CCCCC1)CN(C)CC2. The van der Waals surface area contributed by atoms with Crippen LogP contribution in [0, 0.1) is 18.8 Å². The Kier molecular flexibility index (Phi) is 6.95. The molecular weight excluding hydrogens is 464 g/mol. The van der Waals surface area contributed by atoms with Gasteiger partial charge in [0.25, 0.3) is 0 Å². The number of hydrogen-bond donors (Lipinski definition) is 1. The third kappa shape index (κ3) is 4.43. The second-order valence-electron chi connectivity index (χ2n) is 12.0. The molecule has 6 heteroatoms. The Hall–Kier alpha value is -1.76. The lowest BCUT2D eigenvalue weighted by atomic mass is 9.72. The fourth-order valence-electron chi connectivity index (χ4n) is 7.91. The number of fused-ring (bicyclic) bond motifs is 2. The predicted molar refractivity (Wildman–Crippen MR) is 147 cm³/mol. The minimum atomic E-state index is -0.156. The maximum atomic E-state index is 14.7. The van der Waals surface area contributed by atoms with E-state index in [1.807, 2.05) is 11.3 Å². The number of likely N-dealkylation sites (tertiary alicyclic amines) is 1. The molecule has 194 valence electrons. The van der Waals surface area contributed by atoms with Crippen LogP contribution in [0.15, 0.2) is 30.3 Å². The van der Waals surface area contributed by atoms with Crippen molar-refractivity contribution in [2.75, 3.05) is 39.8 Å². The van der Waals surface area contributed by atoms with Crippen LogP contribution in [0.3, 0.4) is 0 Å². The number of likely N-dealkylation sites (N-methyl/N-ethyl adjacent to an activating group) is 1. The van der Waals surface area contributed by atoms with Crippen molar-refractivity contribution in [3.63, 3.8) is 0 Å². The van der Waals surface area contributed by atoms with Gasteiger partial charge in [-0.1, -0.05) is 49.6 Å². The number of thiazole rings is 1. The van der Waals surface area contributed by atoms with Gasteiger partial charge in [-0.25, -0.2) is 4.98 Å². The normalized spacial score (nSPS) is 31.9. The van der Waals surface area contributed by atoms with Crippen molar-refractivity contribution in [2.45, 2.75) is 75.7 Å². The second kappa shape index (κ2) is 10.2. The first-order valence-corrected chi connectivity index (χ1v) is 15.1. The molecule has 1 aliphatic carbocycles. The van der Waals surface area contributed by atoms with Crippen LogP contribution in [0.1, 0.15) is 72.0 Å². The van der Waals surface area contributed by atoms with E-state index in [0.717, 1.165) is 57.0 Å². The highest BCUT2D eigenvalue weighted by Crippen LogP contribution is 2.46. The molecule has 3 aliphatic heterocycles. The number of piperidine rings is 1. The number of rotatable bonds is 3. The first-order chi connectivity index (χ1) is 17.5. The van der Waals surface area contributed by atoms with Gasteiger partial charge in [0.2, 0.25) is 5.91 Å². The van der Waals surface area contributed by atoms with Gasteiger partial charge in [-0.2, -0.15) is 0 Å². The summed E-state index contributed by atoms with van der Waals surface area (Å²) >= 11 is 1.85. The van der Waals surface area contributed by atoms with Crippen molar-refractivity contribution < 1.29 is 4.79 Å². The lowest BCUT2D eigenvalue weighted by Crippen LogP contribution is -2.56. The molecule has 1 amide bonds. The Bertz CT molecular complexity index is 1060. The van der Waals surface area contributed by atoms with Crippen LogP contribution in [0.5, 0.6) is 0 Å². The fourth-order valence-corrected chi connectivity index (χ4v) is 9.11. The topological polar surface area (TPSA) is 48.5 Å². The highest BCUT2D eigenvalue weighted by atomic mass is 32.1. The van der Waals surface area contributed by atoms with Crippen LogP contribution in [0.2, 0.25) is 0 Å². The molecule has 0 bridgehead atoms. The number of nitrogens with zero attached hydrogens (tertiary/aromatic N) is 3. The molecule has 4 atom stereocenters. The molecule has 5 nitrogen and oxygen atoms in total. The molecule has 1 N–H and O–H groups in total. The minimum absolute atomic E-state index is 0.00369. The lowest BCUT2D eigenvalue weighted by molar-refractivity contribution is -0.143. The Labute approximate surface area is 220 Å². The van der Waals surface area contributed by atoms with E-state index in [9.17, 15) is 4.79 Å². The summed E-state index contributed by atoms with van der Waals surface area (Å²) in [6.07, 6.45) is 9.76. The van der Waals surface area contributed by atoms with E-state index < -0.39 is 0 Å².